The number of hydrogen-bond acceptors (Lipinski definition) is 4. The van der Waals surface area contributed by atoms with Gasteiger partial charge in [0.2, 0.25) is 0 Å². The van der Waals surface area contributed by atoms with E-state index in [0.717, 1.165) is 31.8 Å². The van der Waals surface area contributed by atoms with E-state index in [4.69, 9.17) is 9.72 Å². The number of nitrogens with zero attached hydrogens (tertiary/aromatic N) is 2. The van der Waals surface area contributed by atoms with Gasteiger partial charge in [0.15, 0.2) is 0 Å². The molecule has 0 radical (unpaired) electrons. The molecular weight excluding hydrogens is 334 g/mol. The average molecular weight is 366 g/mol. The van der Waals surface area contributed by atoms with Crippen molar-refractivity contribution in [3.05, 3.63) is 60.2 Å². The van der Waals surface area contributed by atoms with Crippen molar-refractivity contribution in [1.29, 1.82) is 0 Å². The topological polar surface area (TPSA) is 47.0 Å². The van der Waals surface area contributed by atoms with Crippen molar-refractivity contribution in [3.8, 4) is 0 Å². The number of pyridine rings is 2. The van der Waals surface area contributed by atoms with Crippen LogP contribution >= 0.6 is 0 Å². The van der Waals surface area contributed by atoms with Crippen LogP contribution in [0, 0.1) is 5.92 Å². The summed E-state index contributed by atoms with van der Waals surface area (Å²) < 4.78 is 6.46. The Morgan fingerprint density at radius 2 is 1.85 bits per heavy atom. The first-order chi connectivity index (χ1) is 13.4. The molecule has 0 bridgehead atoms. The number of hydrogen-bond donors (Lipinski definition) is 1. The summed E-state index contributed by atoms with van der Waals surface area (Å²) in [4.78, 5) is 9.16. The number of nitrogens with one attached hydrogen (secondary N) is 1. The molecule has 2 aromatic rings. The second-order valence-electron chi connectivity index (χ2n) is 8.02. The van der Waals surface area contributed by atoms with Crippen LogP contribution in [-0.2, 0) is 11.3 Å². The maximum atomic E-state index is 6.46. The Labute approximate surface area is 162 Å². The highest BCUT2D eigenvalue weighted by atomic mass is 16.5. The lowest BCUT2D eigenvalue weighted by atomic mass is 9.70. The minimum absolute atomic E-state index is 0.0986. The maximum absolute atomic E-state index is 6.46. The Balaban J connectivity index is 1.46. The first kappa shape index (κ1) is 18.6. The molecule has 2 atom stereocenters. The van der Waals surface area contributed by atoms with Gasteiger partial charge in [-0.15, -0.1) is 0 Å². The van der Waals surface area contributed by atoms with E-state index in [0.29, 0.717) is 11.8 Å². The van der Waals surface area contributed by atoms with Gasteiger partial charge in [0.25, 0.3) is 0 Å². The summed E-state index contributed by atoms with van der Waals surface area (Å²) in [5, 5.41) is 3.59. The molecule has 1 N–H and O–H groups in total. The molecule has 144 valence electrons. The smallest absolute Gasteiger partial charge is 0.0717 e. The van der Waals surface area contributed by atoms with Crippen LogP contribution in [0.3, 0.4) is 0 Å². The van der Waals surface area contributed by atoms with Crippen molar-refractivity contribution in [2.45, 2.75) is 63.0 Å². The van der Waals surface area contributed by atoms with Crippen LogP contribution in [0.15, 0.2) is 48.8 Å². The minimum Gasteiger partial charge on any atom is -0.375 e. The summed E-state index contributed by atoms with van der Waals surface area (Å²) in [6, 6.07) is 12.4. The zero-order chi connectivity index (χ0) is 18.4. The van der Waals surface area contributed by atoms with Gasteiger partial charge in [-0.25, -0.2) is 0 Å². The van der Waals surface area contributed by atoms with Gasteiger partial charge in [-0.05, 0) is 68.8 Å². The fraction of sp³-hybridized carbons (Fsp3) is 0.565. The molecule has 1 aliphatic heterocycles. The molecule has 2 aliphatic rings. The van der Waals surface area contributed by atoms with Crippen LogP contribution in [0.5, 0.6) is 0 Å². The Morgan fingerprint density at radius 3 is 2.59 bits per heavy atom. The van der Waals surface area contributed by atoms with Crippen molar-refractivity contribution in [2.75, 3.05) is 13.2 Å². The molecule has 1 aliphatic carbocycles. The van der Waals surface area contributed by atoms with Gasteiger partial charge in [0.1, 0.15) is 0 Å². The van der Waals surface area contributed by atoms with Gasteiger partial charge >= 0.3 is 0 Å². The fourth-order valence-corrected chi connectivity index (χ4v) is 5.13. The van der Waals surface area contributed by atoms with Gasteiger partial charge < -0.3 is 10.1 Å². The molecular formula is C23H31N3O. The SMILES string of the molecule is c1ccc(CNCCC(c2ccccn2)C2CCCOC23CCCC3)nc1. The van der Waals surface area contributed by atoms with Crippen LogP contribution in [-0.4, -0.2) is 28.7 Å². The molecule has 1 saturated heterocycles. The molecule has 2 fully saturated rings. The third kappa shape index (κ3) is 4.39. The molecule has 2 aromatic heterocycles. The van der Waals surface area contributed by atoms with Crippen molar-refractivity contribution in [3.63, 3.8) is 0 Å². The summed E-state index contributed by atoms with van der Waals surface area (Å²) in [5.74, 6) is 1.04. The lowest BCUT2D eigenvalue weighted by Gasteiger charge is -2.45. The van der Waals surface area contributed by atoms with E-state index in [1.54, 1.807) is 0 Å². The van der Waals surface area contributed by atoms with Gasteiger partial charge in [-0.1, -0.05) is 25.0 Å². The first-order valence-corrected chi connectivity index (χ1v) is 10.5. The fourth-order valence-electron chi connectivity index (χ4n) is 5.13. The molecule has 4 rings (SSSR count). The van der Waals surface area contributed by atoms with Gasteiger partial charge in [0.05, 0.1) is 11.3 Å². The maximum Gasteiger partial charge on any atom is 0.0717 e. The Bertz CT molecular complexity index is 685. The Morgan fingerprint density at radius 1 is 1.04 bits per heavy atom. The quantitative estimate of drug-likeness (QED) is 0.735. The van der Waals surface area contributed by atoms with Crippen molar-refractivity contribution in [1.82, 2.24) is 15.3 Å². The molecule has 2 unspecified atom stereocenters. The zero-order valence-electron chi connectivity index (χ0n) is 16.1. The molecule has 1 spiro atoms. The predicted molar refractivity (Wildman–Crippen MR) is 107 cm³/mol. The summed E-state index contributed by atoms with van der Waals surface area (Å²) in [7, 11) is 0. The van der Waals surface area contributed by atoms with E-state index >= 15 is 0 Å². The van der Waals surface area contributed by atoms with Gasteiger partial charge in [-0.2, -0.15) is 0 Å². The van der Waals surface area contributed by atoms with Gasteiger partial charge in [-0.3, -0.25) is 9.97 Å². The molecule has 0 aromatic carbocycles. The number of ether oxygens (including phenoxy) is 1. The van der Waals surface area contributed by atoms with E-state index in [1.165, 1.54) is 44.2 Å². The van der Waals surface area contributed by atoms with Crippen LogP contribution in [0.25, 0.3) is 0 Å². The van der Waals surface area contributed by atoms with Crippen LogP contribution in [0.1, 0.15) is 62.3 Å². The van der Waals surface area contributed by atoms with Crippen molar-refractivity contribution < 1.29 is 4.74 Å². The van der Waals surface area contributed by atoms with Crippen molar-refractivity contribution in [2.24, 2.45) is 5.92 Å². The van der Waals surface area contributed by atoms with Gasteiger partial charge in [0, 0.05) is 37.2 Å². The average Bonchev–Trinajstić information content (AvgIpc) is 3.19. The highest BCUT2D eigenvalue weighted by Crippen LogP contribution is 2.50. The standard InChI is InChI=1S/C23H31N3O/c1-5-14-25-19(8-1)18-24-16-11-20(22-10-2-6-15-26-22)21-9-7-17-27-23(21)12-3-4-13-23/h1-2,5-6,8,10,14-15,20-21,24H,3-4,7,9,11-13,16-18H2. The minimum atomic E-state index is 0.0986. The van der Waals surface area contributed by atoms with Crippen LogP contribution < -0.4 is 5.32 Å². The second-order valence-corrected chi connectivity index (χ2v) is 8.02. The highest BCUT2D eigenvalue weighted by Gasteiger charge is 2.47. The predicted octanol–water partition coefficient (Wildman–Crippen LogP) is 4.48. The molecule has 4 heteroatoms. The van der Waals surface area contributed by atoms with E-state index in [2.05, 4.69) is 28.5 Å². The first-order valence-electron chi connectivity index (χ1n) is 10.5. The largest absolute Gasteiger partial charge is 0.375 e. The molecule has 3 heterocycles. The van der Waals surface area contributed by atoms with Crippen molar-refractivity contribution >= 4 is 0 Å². The second kappa shape index (κ2) is 8.94. The van der Waals surface area contributed by atoms with E-state index < -0.39 is 0 Å². The molecule has 0 amide bonds. The summed E-state index contributed by atoms with van der Waals surface area (Å²) in [5.41, 5.74) is 2.43. The summed E-state index contributed by atoms with van der Waals surface area (Å²) in [6.07, 6.45) is 12.4. The third-order valence-electron chi connectivity index (χ3n) is 6.39. The highest BCUT2D eigenvalue weighted by molar-refractivity contribution is 5.15. The number of rotatable bonds is 7. The van der Waals surface area contributed by atoms with Crippen LogP contribution in [0.2, 0.25) is 0 Å². The zero-order valence-corrected chi connectivity index (χ0v) is 16.1. The molecule has 27 heavy (non-hydrogen) atoms. The lowest BCUT2D eigenvalue weighted by molar-refractivity contribution is -0.123. The molecule has 1 saturated carbocycles. The molecule has 4 nitrogen and oxygen atoms in total. The Kier molecular flexibility index (Phi) is 6.15. The van der Waals surface area contributed by atoms with E-state index in [9.17, 15) is 0 Å². The number of aromatic nitrogens is 2. The normalized spacial score (nSPS) is 22.7. The van der Waals surface area contributed by atoms with Crippen LogP contribution in [0.4, 0.5) is 0 Å². The Hall–Kier alpha value is -1.78. The lowest BCUT2D eigenvalue weighted by Crippen LogP contribution is -2.45. The summed E-state index contributed by atoms with van der Waals surface area (Å²) in [6.45, 7) is 2.73. The third-order valence-corrected chi connectivity index (χ3v) is 6.39. The van der Waals surface area contributed by atoms with E-state index in [1.807, 2.05) is 30.6 Å². The monoisotopic (exact) mass is 365 g/mol. The van der Waals surface area contributed by atoms with E-state index in [-0.39, 0.29) is 5.60 Å². The summed E-state index contributed by atoms with van der Waals surface area (Å²) >= 11 is 0.